The second-order valence-electron chi connectivity index (χ2n) is 9.59. The van der Waals surface area contributed by atoms with Gasteiger partial charge in [0, 0.05) is 36.8 Å². The smallest absolute Gasteiger partial charge is 0.262 e. The fourth-order valence-corrected chi connectivity index (χ4v) is 7.90. The molecule has 0 bridgehead atoms. The molecule has 11 heteroatoms. The van der Waals surface area contributed by atoms with Crippen molar-refractivity contribution in [2.24, 2.45) is 0 Å². The molecule has 1 fully saturated rings. The van der Waals surface area contributed by atoms with Crippen LogP contribution < -0.4 is 10.9 Å². The third kappa shape index (κ3) is 6.56. The third-order valence-corrected chi connectivity index (χ3v) is 10.5. The largest absolute Gasteiger partial charge is 0.384 e. The van der Waals surface area contributed by atoms with Crippen LogP contribution in [0.5, 0.6) is 0 Å². The number of Topliss-reactive ketones (excluding diaryl/α,β-unsaturated/α-hetero) is 1. The van der Waals surface area contributed by atoms with Gasteiger partial charge in [0.25, 0.3) is 5.56 Å². The standard InChI is InChI=1S/C28H27Cl2N3O4S2/c29-24-16-19(15-22(34)18-39(36,37)27-8-7-26(30)38-27)3-6-25(24)33-13-9-20-17-21(4-5-23(20)28(33)35)31-10-14-32-11-1-2-12-32/h3-9,13,16-17,31H,1-2,10-12,14-15,18H2. The number of halogens is 2. The fraction of sp³-hybridized carbons (Fsp3) is 0.286. The predicted molar refractivity (Wildman–Crippen MR) is 159 cm³/mol. The number of thiophene rings is 1. The van der Waals surface area contributed by atoms with Crippen molar-refractivity contribution in [2.75, 3.05) is 37.2 Å². The molecule has 1 aliphatic heterocycles. The van der Waals surface area contributed by atoms with Crippen LogP contribution in [-0.4, -0.2) is 55.6 Å². The van der Waals surface area contributed by atoms with E-state index in [1.54, 1.807) is 24.4 Å². The molecule has 1 aliphatic rings. The lowest BCUT2D eigenvalue weighted by molar-refractivity contribution is -0.116. The van der Waals surface area contributed by atoms with Gasteiger partial charge in [0.1, 0.15) is 9.96 Å². The van der Waals surface area contributed by atoms with Crippen molar-refractivity contribution in [1.82, 2.24) is 9.47 Å². The van der Waals surface area contributed by atoms with Gasteiger partial charge in [-0.2, -0.15) is 0 Å². The van der Waals surface area contributed by atoms with Crippen molar-refractivity contribution < 1.29 is 13.2 Å². The lowest BCUT2D eigenvalue weighted by atomic mass is 10.1. The van der Waals surface area contributed by atoms with Crippen molar-refractivity contribution in [2.45, 2.75) is 23.5 Å². The van der Waals surface area contributed by atoms with Crippen molar-refractivity contribution >= 4 is 66.6 Å². The van der Waals surface area contributed by atoms with E-state index in [2.05, 4.69) is 10.2 Å². The summed E-state index contributed by atoms with van der Waals surface area (Å²) >= 11 is 13.3. The molecule has 204 valence electrons. The van der Waals surface area contributed by atoms with Gasteiger partial charge >= 0.3 is 0 Å². The Hall–Kier alpha value is -2.69. The zero-order chi connectivity index (χ0) is 27.6. The molecule has 0 aliphatic carbocycles. The first-order valence-electron chi connectivity index (χ1n) is 12.6. The van der Waals surface area contributed by atoms with Crippen molar-refractivity contribution in [3.63, 3.8) is 0 Å². The lowest BCUT2D eigenvalue weighted by Gasteiger charge is -2.15. The van der Waals surface area contributed by atoms with Crippen molar-refractivity contribution in [3.8, 4) is 5.69 Å². The van der Waals surface area contributed by atoms with Gasteiger partial charge < -0.3 is 10.2 Å². The lowest BCUT2D eigenvalue weighted by Crippen LogP contribution is -2.25. The van der Waals surface area contributed by atoms with Crippen LogP contribution in [0.2, 0.25) is 9.36 Å². The number of aromatic nitrogens is 1. The first-order chi connectivity index (χ1) is 18.7. The number of fused-ring (bicyclic) bond motifs is 1. The average Bonchev–Trinajstić information content (AvgIpc) is 3.57. The van der Waals surface area contributed by atoms with E-state index in [4.69, 9.17) is 23.2 Å². The fourth-order valence-electron chi connectivity index (χ4n) is 4.79. The van der Waals surface area contributed by atoms with Gasteiger partial charge in [-0.1, -0.05) is 29.3 Å². The van der Waals surface area contributed by atoms with E-state index in [1.165, 1.54) is 29.5 Å². The van der Waals surface area contributed by atoms with Gasteiger partial charge in [-0.15, -0.1) is 11.3 Å². The number of nitrogens with zero attached hydrogens (tertiary/aromatic N) is 2. The highest BCUT2D eigenvalue weighted by atomic mass is 35.5. The molecular weight excluding hydrogens is 577 g/mol. The Bertz CT molecular complexity index is 1690. The number of sulfone groups is 1. The minimum Gasteiger partial charge on any atom is -0.384 e. The topological polar surface area (TPSA) is 88.5 Å². The van der Waals surface area contributed by atoms with Crippen molar-refractivity contribution in [3.05, 3.63) is 86.1 Å². The Kier molecular flexibility index (Phi) is 8.44. The molecule has 1 saturated heterocycles. The monoisotopic (exact) mass is 603 g/mol. The van der Waals surface area contributed by atoms with Crippen LogP contribution in [0.25, 0.3) is 16.5 Å². The quantitative estimate of drug-likeness (QED) is 0.259. The first-order valence-corrected chi connectivity index (χ1v) is 15.8. The molecule has 2 aromatic heterocycles. The van der Waals surface area contributed by atoms with Crippen molar-refractivity contribution in [1.29, 1.82) is 0 Å². The van der Waals surface area contributed by atoms with E-state index in [9.17, 15) is 18.0 Å². The van der Waals surface area contributed by atoms with E-state index in [1.807, 2.05) is 24.3 Å². The number of hydrogen-bond donors (Lipinski definition) is 1. The van der Waals surface area contributed by atoms with Crippen LogP contribution in [0.3, 0.4) is 0 Å². The summed E-state index contributed by atoms with van der Waals surface area (Å²) in [5.41, 5.74) is 1.80. The highest BCUT2D eigenvalue weighted by molar-refractivity contribution is 7.94. The van der Waals surface area contributed by atoms with Crippen LogP contribution in [-0.2, 0) is 21.1 Å². The predicted octanol–water partition coefficient (Wildman–Crippen LogP) is 5.45. The number of likely N-dealkylation sites (tertiary alicyclic amines) is 1. The van der Waals surface area contributed by atoms with Crippen LogP contribution in [0, 0.1) is 0 Å². The van der Waals surface area contributed by atoms with Gasteiger partial charge in [-0.05, 0) is 85.4 Å². The number of benzene rings is 2. The zero-order valence-electron chi connectivity index (χ0n) is 21.0. The number of carbonyl (C=O) groups excluding carboxylic acids is 1. The molecule has 0 amide bonds. The van der Waals surface area contributed by atoms with Crippen LogP contribution >= 0.6 is 34.5 Å². The number of anilines is 1. The molecule has 4 aromatic rings. The van der Waals surface area contributed by atoms with E-state index in [0.717, 1.165) is 48.6 Å². The molecule has 3 heterocycles. The van der Waals surface area contributed by atoms with E-state index < -0.39 is 21.4 Å². The molecule has 0 radical (unpaired) electrons. The second kappa shape index (κ2) is 11.8. The molecule has 5 rings (SSSR count). The molecule has 0 spiro atoms. The Morgan fingerprint density at radius 3 is 2.51 bits per heavy atom. The first kappa shape index (κ1) is 27.9. The summed E-state index contributed by atoms with van der Waals surface area (Å²) in [6.07, 6.45) is 4.12. The SMILES string of the molecule is O=C(Cc1ccc(-n2ccc3cc(NCCN4CCCC4)ccc3c2=O)c(Cl)c1)CS(=O)(=O)c1ccc(Cl)s1. The van der Waals surface area contributed by atoms with Crippen LogP contribution in [0.1, 0.15) is 18.4 Å². The van der Waals surface area contributed by atoms with Gasteiger partial charge in [-0.25, -0.2) is 8.42 Å². The maximum absolute atomic E-state index is 13.3. The second-order valence-corrected chi connectivity index (χ2v) is 13.9. The Balaban J connectivity index is 1.28. The van der Waals surface area contributed by atoms with E-state index in [0.29, 0.717) is 21.0 Å². The minimum absolute atomic E-state index is 0.0647. The highest BCUT2D eigenvalue weighted by Gasteiger charge is 2.22. The summed E-state index contributed by atoms with van der Waals surface area (Å²) in [7, 11) is -3.76. The molecular formula is C28H27Cl2N3O4S2. The molecule has 2 aromatic carbocycles. The Morgan fingerprint density at radius 2 is 1.79 bits per heavy atom. The van der Waals surface area contributed by atoms with Crippen LogP contribution in [0.4, 0.5) is 5.69 Å². The molecule has 0 atom stereocenters. The summed E-state index contributed by atoms with van der Waals surface area (Å²) in [6, 6.07) is 15.4. The Morgan fingerprint density at radius 1 is 1.00 bits per heavy atom. The van der Waals surface area contributed by atoms with Gasteiger partial charge in [0.05, 0.1) is 15.0 Å². The number of hydrogen-bond acceptors (Lipinski definition) is 7. The summed E-state index contributed by atoms with van der Waals surface area (Å²) in [5.74, 6) is -1.08. The summed E-state index contributed by atoms with van der Waals surface area (Å²) < 4.78 is 26.9. The van der Waals surface area contributed by atoms with E-state index >= 15 is 0 Å². The third-order valence-electron chi connectivity index (χ3n) is 6.74. The number of ketones is 1. The van der Waals surface area contributed by atoms with Gasteiger partial charge in [0.2, 0.25) is 0 Å². The van der Waals surface area contributed by atoms with Crippen LogP contribution in [0.15, 0.2) is 69.8 Å². The molecule has 7 nitrogen and oxygen atoms in total. The number of carbonyl (C=O) groups is 1. The molecule has 0 unspecified atom stereocenters. The summed E-state index contributed by atoms with van der Waals surface area (Å²) in [6.45, 7) is 4.17. The number of pyridine rings is 1. The number of nitrogens with one attached hydrogen (secondary N) is 1. The summed E-state index contributed by atoms with van der Waals surface area (Å²) in [5, 5.41) is 5.12. The maximum atomic E-state index is 13.3. The minimum atomic E-state index is -3.76. The summed E-state index contributed by atoms with van der Waals surface area (Å²) in [4.78, 5) is 28.3. The average molecular weight is 605 g/mol. The highest BCUT2D eigenvalue weighted by Crippen LogP contribution is 2.27. The van der Waals surface area contributed by atoms with E-state index in [-0.39, 0.29) is 21.2 Å². The molecule has 39 heavy (non-hydrogen) atoms. The zero-order valence-corrected chi connectivity index (χ0v) is 24.2. The normalized spacial score (nSPS) is 14.2. The Labute approximate surface area is 240 Å². The van der Waals surface area contributed by atoms with Gasteiger partial charge in [0.15, 0.2) is 15.6 Å². The molecule has 0 saturated carbocycles. The van der Waals surface area contributed by atoms with Gasteiger partial charge in [-0.3, -0.25) is 14.2 Å². The molecule has 1 N–H and O–H groups in total. The maximum Gasteiger partial charge on any atom is 0.262 e. The number of rotatable bonds is 10.